The summed E-state index contributed by atoms with van der Waals surface area (Å²) < 4.78 is 8.90. The minimum Gasteiger partial charge on any atom is -0.507 e. The number of pyridine rings is 1. The standard InChI is InChI=1S/C49H34N3O2.Pt/c1-49(2,34-15-5-3-6-16-34)35-29-32(28-33(30-35)44-47-40(26-27-50-44)39-25-24-31-14-9-10-19-38(31)46(39)54-47)37-21-13-22-42-45(37)51-48(41-20-11-12-23-43(41)53)52(42)36-17-7-4-8-18-36;/h3-27,29-30,53H,1-2H3;/q-1;. The molecular weight excluding hydrogens is 858 g/mol. The molecule has 0 radical (unpaired) electrons. The van der Waals surface area contributed by atoms with Crippen LogP contribution in [0.1, 0.15) is 25.0 Å². The van der Waals surface area contributed by atoms with Crippen LogP contribution in [-0.2, 0) is 26.5 Å². The smallest absolute Gasteiger partial charge is 0.148 e. The Morgan fingerprint density at radius 3 is 2.13 bits per heavy atom. The minimum atomic E-state index is -0.365. The van der Waals surface area contributed by atoms with Crippen molar-refractivity contribution in [3.05, 3.63) is 181 Å². The summed E-state index contributed by atoms with van der Waals surface area (Å²) in [4.78, 5) is 10.3. The second-order valence-corrected chi connectivity index (χ2v) is 14.3. The first-order valence-corrected chi connectivity index (χ1v) is 18.1. The maximum Gasteiger partial charge on any atom is 0.148 e. The molecule has 0 spiro atoms. The van der Waals surface area contributed by atoms with Crippen molar-refractivity contribution in [2.24, 2.45) is 0 Å². The monoisotopic (exact) mass is 891 g/mol. The molecule has 268 valence electrons. The molecule has 0 bridgehead atoms. The van der Waals surface area contributed by atoms with Gasteiger partial charge in [-0.2, -0.15) is 0 Å². The molecule has 0 aliphatic rings. The van der Waals surface area contributed by atoms with Crippen LogP contribution in [0.4, 0.5) is 0 Å². The van der Waals surface area contributed by atoms with Gasteiger partial charge >= 0.3 is 0 Å². The summed E-state index contributed by atoms with van der Waals surface area (Å²) in [6.07, 6.45) is 1.87. The number of rotatable bonds is 6. The fourth-order valence-electron chi connectivity index (χ4n) is 7.85. The van der Waals surface area contributed by atoms with Crippen molar-refractivity contribution in [1.82, 2.24) is 14.5 Å². The molecule has 0 aliphatic heterocycles. The molecule has 3 heterocycles. The maximum absolute atomic E-state index is 11.1. The second-order valence-electron chi connectivity index (χ2n) is 14.3. The first kappa shape index (κ1) is 34.5. The molecule has 0 saturated heterocycles. The van der Waals surface area contributed by atoms with E-state index in [1.165, 1.54) is 5.56 Å². The molecule has 0 saturated carbocycles. The van der Waals surface area contributed by atoms with Gasteiger partial charge in [-0.3, -0.25) is 9.55 Å². The van der Waals surface area contributed by atoms with Gasteiger partial charge in [0.15, 0.2) is 0 Å². The Morgan fingerprint density at radius 2 is 1.31 bits per heavy atom. The van der Waals surface area contributed by atoms with Crippen molar-refractivity contribution in [2.45, 2.75) is 19.3 Å². The van der Waals surface area contributed by atoms with Gasteiger partial charge in [0, 0.05) is 60.2 Å². The Morgan fingerprint density at radius 1 is 0.618 bits per heavy atom. The van der Waals surface area contributed by atoms with E-state index in [1.807, 2.05) is 54.7 Å². The molecule has 0 atom stereocenters. The third kappa shape index (κ3) is 5.66. The Labute approximate surface area is 332 Å². The average Bonchev–Trinajstić information content (AvgIpc) is 3.81. The van der Waals surface area contributed by atoms with E-state index in [0.29, 0.717) is 11.4 Å². The number of fused-ring (bicyclic) bond motifs is 6. The van der Waals surface area contributed by atoms with Crippen LogP contribution < -0.4 is 0 Å². The van der Waals surface area contributed by atoms with E-state index in [-0.39, 0.29) is 32.2 Å². The summed E-state index contributed by atoms with van der Waals surface area (Å²) >= 11 is 0. The number of hydrogen-bond donors (Lipinski definition) is 1. The minimum absolute atomic E-state index is 0. The molecule has 3 aromatic heterocycles. The van der Waals surface area contributed by atoms with Gasteiger partial charge < -0.3 is 9.52 Å². The van der Waals surface area contributed by atoms with Gasteiger partial charge in [-0.05, 0) is 53.4 Å². The van der Waals surface area contributed by atoms with Crippen LogP contribution in [0.25, 0.3) is 83.2 Å². The number of aromatic nitrogens is 3. The molecule has 0 amide bonds. The first-order chi connectivity index (χ1) is 26.5. The van der Waals surface area contributed by atoms with Crippen LogP contribution in [-0.4, -0.2) is 19.6 Å². The maximum atomic E-state index is 11.1. The Balaban J connectivity index is 0.00000397. The average molecular weight is 892 g/mol. The second kappa shape index (κ2) is 13.5. The fraction of sp³-hybridized carbons (Fsp3) is 0.0612. The van der Waals surface area contributed by atoms with Gasteiger partial charge in [-0.1, -0.05) is 128 Å². The van der Waals surface area contributed by atoms with Crippen LogP contribution in [0.5, 0.6) is 5.75 Å². The van der Waals surface area contributed by atoms with Crippen LogP contribution in [0, 0.1) is 6.07 Å². The van der Waals surface area contributed by atoms with E-state index in [2.05, 4.69) is 128 Å². The topological polar surface area (TPSA) is 64.1 Å². The molecule has 0 fully saturated rings. The Kier molecular flexibility index (Phi) is 8.48. The first-order valence-electron chi connectivity index (χ1n) is 18.1. The number of phenols is 1. The van der Waals surface area contributed by atoms with Crippen LogP contribution in [0.15, 0.2) is 168 Å². The quantitative estimate of drug-likeness (QED) is 0.169. The normalized spacial score (nSPS) is 11.7. The van der Waals surface area contributed by atoms with Crippen molar-refractivity contribution < 1.29 is 30.6 Å². The molecular formula is C49H34N3O2Pt-. The number of imidazole rings is 1. The molecule has 10 aromatic rings. The van der Waals surface area contributed by atoms with E-state index in [1.54, 1.807) is 6.07 Å². The number of nitrogens with zero attached hydrogens (tertiary/aromatic N) is 3. The van der Waals surface area contributed by atoms with Crippen molar-refractivity contribution >= 4 is 43.7 Å². The summed E-state index contributed by atoms with van der Waals surface area (Å²) in [5.41, 5.74) is 10.2. The largest absolute Gasteiger partial charge is 0.507 e. The van der Waals surface area contributed by atoms with Crippen LogP contribution >= 0.6 is 0 Å². The Bertz CT molecular complexity index is 3040. The van der Waals surface area contributed by atoms with Gasteiger partial charge in [-0.25, -0.2) is 4.98 Å². The van der Waals surface area contributed by atoms with Gasteiger partial charge in [-0.15, -0.1) is 29.3 Å². The van der Waals surface area contributed by atoms with Crippen molar-refractivity contribution in [3.63, 3.8) is 0 Å². The third-order valence-corrected chi connectivity index (χ3v) is 10.8. The van der Waals surface area contributed by atoms with Crippen LogP contribution in [0.2, 0.25) is 0 Å². The Hall–Kier alpha value is -6.29. The number of phenolic OH excluding ortho intramolecular Hbond substituents is 1. The molecule has 6 heteroatoms. The van der Waals surface area contributed by atoms with E-state index in [4.69, 9.17) is 14.4 Å². The van der Waals surface area contributed by atoms with E-state index < -0.39 is 0 Å². The molecule has 0 aliphatic carbocycles. The number of benzene rings is 7. The van der Waals surface area contributed by atoms with Gasteiger partial charge in [0.25, 0.3) is 0 Å². The van der Waals surface area contributed by atoms with Crippen molar-refractivity contribution in [1.29, 1.82) is 0 Å². The molecule has 1 N–H and O–H groups in total. The fourth-order valence-corrected chi connectivity index (χ4v) is 7.85. The third-order valence-electron chi connectivity index (χ3n) is 10.8. The molecule has 55 heavy (non-hydrogen) atoms. The van der Waals surface area contributed by atoms with Crippen LogP contribution in [0.3, 0.4) is 0 Å². The van der Waals surface area contributed by atoms with Gasteiger partial charge in [0.2, 0.25) is 0 Å². The van der Waals surface area contributed by atoms with Gasteiger partial charge in [0.1, 0.15) is 22.7 Å². The van der Waals surface area contributed by atoms with E-state index >= 15 is 0 Å². The zero-order valence-electron chi connectivity index (χ0n) is 30.1. The summed E-state index contributed by atoms with van der Waals surface area (Å²) in [6, 6.07) is 57.3. The number of para-hydroxylation sites is 3. The van der Waals surface area contributed by atoms with Crippen molar-refractivity contribution in [2.75, 3.05) is 0 Å². The zero-order chi connectivity index (χ0) is 36.4. The molecule has 10 rings (SSSR count). The predicted molar refractivity (Wildman–Crippen MR) is 219 cm³/mol. The molecule has 0 unspecified atom stereocenters. The number of furan rings is 1. The molecule has 7 aromatic carbocycles. The van der Waals surface area contributed by atoms with E-state index in [9.17, 15) is 5.11 Å². The number of aromatic hydroxyl groups is 1. The SMILES string of the molecule is CC(C)(c1ccccc1)c1cc(-c2cccc3c2nc(-c2ccccc2O)n3-c2ccccc2)[c-]c(-c2nccc3c2oc2c4ccccc4ccc32)c1.[Pt]. The van der Waals surface area contributed by atoms with E-state index in [0.717, 1.165) is 77.4 Å². The summed E-state index contributed by atoms with van der Waals surface area (Å²) in [5.74, 6) is 0.827. The summed E-state index contributed by atoms with van der Waals surface area (Å²) in [7, 11) is 0. The van der Waals surface area contributed by atoms with Crippen molar-refractivity contribution in [3.8, 4) is 45.2 Å². The van der Waals surface area contributed by atoms with Gasteiger partial charge in [0.05, 0.1) is 16.6 Å². The predicted octanol–water partition coefficient (Wildman–Crippen LogP) is 12.3. The zero-order valence-corrected chi connectivity index (χ0v) is 32.4. The number of hydrogen-bond acceptors (Lipinski definition) is 4. The molecule has 5 nitrogen and oxygen atoms in total. The summed E-state index contributed by atoms with van der Waals surface area (Å²) in [5, 5.41) is 15.3. The summed E-state index contributed by atoms with van der Waals surface area (Å²) in [6.45, 7) is 4.51.